The first-order valence-electron chi connectivity index (χ1n) is 4.47. The van der Waals surface area contributed by atoms with Gasteiger partial charge in [0, 0.05) is 12.1 Å². The molecule has 0 N–H and O–H groups in total. The summed E-state index contributed by atoms with van der Waals surface area (Å²) in [5.41, 5.74) is 2.27. The maximum atomic E-state index is 9.09. The Labute approximate surface area is 84.1 Å². The van der Waals surface area contributed by atoms with Crippen molar-refractivity contribution in [2.24, 2.45) is 5.41 Å². The van der Waals surface area contributed by atoms with Crippen LogP contribution in [-0.4, -0.2) is 13.2 Å². The summed E-state index contributed by atoms with van der Waals surface area (Å²) in [6.45, 7) is 3.28. The van der Waals surface area contributed by atoms with E-state index in [1.165, 1.54) is 0 Å². The normalized spacial score (nSPS) is 29.8. The van der Waals surface area contributed by atoms with Crippen LogP contribution < -0.4 is 0 Å². The van der Waals surface area contributed by atoms with Gasteiger partial charge in [0.1, 0.15) is 0 Å². The van der Waals surface area contributed by atoms with E-state index in [1.807, 2.05) is 6.92 Å². The van der Waals surface area contributed by atoms with Gasteiger partial charge in [0.05, 0.1) is 18.1 Å². The molecule has 3 heteroatoms. The molecular weight excluding hydrogens is 186 g/mol. The summed E-state index contributed by atoms with van der Waals surface area (Å²) in [5, 5.41) is 9.09. The van der Waals surface area contributed by atoms with Gasteiger partial charge in [-0.05, 0) is 26.2 Å². The fraction of sp³-hybridized carbons (Fsp3) is 0.700. The van der Waals surface area contributed by atoms with E-state index in [-0.39, 0.29) is 5.41 Å². The Kier molecular flexibility index (Phi) is 3.77. The molecule has 0 bridgehead atoms. The number of ether oxygens (including phenoxy) is 1. The first-order valence-corrected chi connectivity index (χ1v) is 4.91. The fourth-order valence-electron chi connectivity index (χ4n) is 1.69. The first-order chi connectivity index (χ1) is 6.22. The quantitative estimate of drug-likeness (QED) is 0.685. The molecule has 0 aromatic heterocycles. The summed E-state index contributed by atoms with van der Waals surface area (Å²) >= 11 is 5.58. The highest BCUT2D eigenvalue weighted by Crippen LogP contribution is 2.34. The molecule has 1 atom stereocenters. The molecule has 0 radical (unpaired) electrons. The van der Waals surface area contributed by atoms with Crippen molar-refractivity contribution in [2.75, 3.05) is 13.2 Å². The molecule has 0 spiro atoms. The van der Waals surface area contributed by atoms with Crippen LogP contribution in [0.3, 0.4) is 0 Å². The summed E-state index contributed by atoms with van der Waals surface area (Å²) in [7, 11) is 0. The Morgan fingerprint density at radius 1 is 1.77 bits per heavy atom. The third kappa shape index (κ3) is 2.72. The van der Waals surface area contributed by atoms with Crippen molar-refractivity contribution in [2.45, 2.75) is 26.2 Å². The van der Waals surface area contributed by atoms with Crippen LogP contribution in [0.2, 0.25) is 0 Å². The molecule has 2 nitrogen and oxygen atoms in total. The van der Waals surface area contributed by atoms with Crippen molar-refractivity contribution in [1.29, 1.82) is 5.26 Å². The topological polar surface area (TPSA) is 33.0 Å². The zero-order chi connectivity index (χ0) is 9.73. The molecule has 0 aromatic carbocycles. The summed E-state index contributed by atoms with van der Waals surface area (Å²) in [5.74, 6) is 0. The third-order valence-corrected chi connectivity index (χ3v) is 2.74. The van der Waals surface area contributed by atoms with E-state index in [0.717, 1.165) is 31.4 Å². The van der Waals surface area contributed by atoms with E-state index in [2.05, 4.69) is 6.07 Å². The molecule has 13 heavy (non-hydrogen) atoms. The highest BCUT2D eigenvalue weighted by atomic mass is 35.5. The van der Waals surface area contributed by atoms with Crippen LogP contribution in [-0.2, 0) is 4.74 Å². The Bertz CT molecular complexity index is 236. The van der Waals surface area contributed by atoms with E-state index in [4.69, 9.17) is 21.6 Å². The number of hydrogen-bond acceptors (Lipinski definition) is 2. The SMILES string of the molecule is C/C(=C\Cl)CC1(C#N)CCCOC1. The second-order valence-electron chi connectivity index (χ2n) is 3.68. The predicted octanol–water partition coefficient (Wildman–Crippen LogP) is 2.84. The average molecular weight is 200 g/mol. The number of nitriles is 1. The minimum absolute atomic E-state index is 0.326. The summed E-state index contributed by atoms with van der Waals surface area (Å²) < 4.78 is 5.33. The van der Waals surface area contributed by atoms with Crippen molar-refractivity contribution in [3.05, 3.63) is 11.1 Å². The van der Waals surface area contributed by atoms with E-state index < -0.39 is 0 Å². The molecule has 0 saturated carbocycles. The van der Waals surface area contributed by atoms with Crippen LogP contribution in [0.25, 0.3) is 0 Å². The second-order valence-corrected chi connectivity index (χ2v) is 3.90. The van der Waals surface area contributed by atoms with Crippen molar-refractivity contribution in [3.63, 3.8) is 0 Å². The monoisotopic (exact) mass is 199 g/mol. The summed E-state index contributed by atoms with van der Waals surface area (Å²) in [4.78, 5) is 0. The van der Waals surface area contributed by atoms with Crippen LogP contribution in [0, 0.1) is 16.7 Å². The van der Waals surface area contributed by atoms with Gasteiger partial charge in [-0.3, -0.25) is 0 Å². The van der Waals surface area contributed by atoms with Crippen molar-refractivity contribution in [1.82, 2.24) is 0 Å². The Morgan fingerprint density at radius 3 is 3.00 bits per heavy atom. The largest absolute Gasteiger partial charge is 0.380 e. The van der Waals surface area contributed by atoms with Gasteiger partial charge in [0.25, 0.3) is 0 Å². The first kappa shape index (κ1) is 10.6. The molecule has 1 unspecified atom stereocenters. The summed E-state index contributed by atoms with van der Waals surface area (Å²) in [6.07, 6.45) is 2.63. The minimum Gasteiger partial charge on any atom is -0.380 e. The molecular formula is C10H14ClNO. The second kappa shape index (κ2) is 4.64. The van der Waals surface area contributed by atoms with Crippen molar-refractivity contribution in [3.8, 4) is 6.07 Å². The number of allylic oxidation sites excluding steroid dienone is 1. The van der Waals surface area contributed by atoms with Gasteiger partial charge in [0.15, 0.2) is 0 Å². The number of rotatable bonds is 2. The third-order valence-electron chi connectivity index (χ3n) is 2.36. The van der Waals surface area contributed by atoms with Gasteiger partial charge in [-0.1, -0.05) is 17.2 Å². The van der Waals surface area contributed by atoms with Crippen LogP contribution in [0.1, 0.15) is 26.2 Å². The lowest BCUT2D eigenvalue weighted by Gasteiger charge is -2.30. The zero-order valence-electron chi connectivity index (χ0n) is 7.85. The standard InChI is InChI=1S/C10H14ClNO/c1-9(6-11)5-10(7-12)3-2-4-13-8-10/h6H,2-5,8H2,1H3/b9-6+. The molecule has 1 fully saturated rings. The molecule has 0 amide bonds. The maximum absolute atomic E-state index is 9.09. The smallest absolute Gasteiger partial charge is 0.0844 e. The minimum atomic E-state index is -0.326. The highest BCUT2D eigenvalue weighted by Gasteiger charge is 2.32. The van der Waals surface area contributed by atoms with Crippen LogP contribution >= 0.6 is 11.6 Å². The van der Waals surface area contributed by atoms with Crippen molar-refractivity contribution < 1.29 is 4.74 Å². The lowest BCUT2D eigenvalue weighted by Crippen LogP contribution is -2.30. The molecule has 1 heterocycles. The Balaban J connectivity index is 2.64. The lowest BCUT2D eigenvalue weighted by atomic mass is 9.79. The van der Waals surface area contributed by atoms with E-state index in [9.17, 15) is 0 Å². The van der Waals surface area contributed by atoms with Crippen LogP contribution in [0.4, 0.5) is 0 Å². The highest BCUT2D eigenvalue weighted by molar-refractivity contribution is 6.25. The molecule has 1 saturated heterocycles. The van der Waals surface area contributed by atoms with Gasteiger partial charge < -0.3 is 4.74 Å². The van der Waals surface area contributed by atoms with Gasteiger partial charge in [-0.2, -0.15) is 5.26 Å². The average Bonchev–Trinajstić information content (AvgIpc) is 2.19. The number of hydrogen-bond donors (Lipinski definition) is 0. The predicted molar refractivity (Wildman–Crippen MR) is 52.3 cm³/mol. The van der Waals surface area contributed by atoms with Crippen LogP contribution in [0.15, 0.2) is 11.1 Å². The van der Waals surface area contributed by atoms with Gasteiger partial charge in [-0.15, -0.1) is 0 Å². The van der Waals surface area contributed by atoms with Crippen LogP contribution in [0.5, 0.6) is 0 Å². The lowest BCUT2D eigenvalue weighted by molar-refractivity contribution is 0.0224. The maximum Gasteiger partial charge on any atom is 0.0844 e. The van der Waals surface area contributed by atoms with Crippen molar-refractivity contribution >= 4 is 11.6 Å². The fourth-order valence-corrected chi connectivity index (χ4v) is 1.77. The number of halogens is 1. The Morgan fingerprint density at radius 2 is 2.54 bits per heavy atom. The van der Waals surface area contributed by atoms with E-state index >= 15 is 0 Å². The summed E-state index contributed by atoms with van der Waals surface area (Å²) in [6, 6.07) is 2.36. The van der Waals surface area contributed by atoms with Gasteiger partial charge in [0.2, 0.25) is 0 Å². The van der Waals surface area contributed by atoms with Gasteiger partial charge in [-0.25, -0.2) is 0 Å². The molecule has 1 rings (SSSR count). The molecule has 0 aromatic rings. The number of nitrogens with zero attached hydrogens (tertiary/aromatic N) is 1. The zero-order valence-corrected chi connectivity index (χ0v) is 8.60. The van der Waals surface area contributed by atoms with Gasteiger partial charge >= 0.3 is 0 Å². The molecule has 1 aliphatic heterocycles. The Hall–Kier alpha value is -0.520. The van der Waals surface area contributed by atoms with E-state index in [0.29, 0.717) is 6.61 Å². The molecule has 1 aliphatic rings. The molecule has 72 valence electrons. The van der Waals surface area contributed by atoms with E-state index in [1.54, 1.807) is 5.54 Å². The molecule has 0 aliphatic carbocycles.